The molecule has 5 rings (SSSR count). The molecule has 0 bridgehead atoms. The second-order valence-electron chi connectivity index (χ2n) is 13.1. The molecule has 44 heavy (non-hydrogen) atoms. The molecule has 0 saturated heterocycles. The number of rotatable bonds is 6. The van der Waals surface area contributed by atoms with Gasteiger partial charge in [-0.2, -0.15) is 0 Å². The number of aromatic nitrogens is 2. The summed E-state index contributed by atoms with van der Waals surface area (Å²) in [6.07, 6.45) is 4.76. The molecule has 0 saturated carbocycles. The number of aliphatic hydroxyl groups is 1. The van der Waals surface area contributed by atoms with Crippen LogP contribution in [0.25, 0.3) is 43.7 Å². The van der Waals surface area contributed by atoms with E-state index in [9.17, 15) is 9.90 Å². The summed E-state index contributed by atoms with van der Waals surface area (Å²) in [6.45, 7) is 18.2. The molecule has 1 aromatic heterocycles. The van der Waals surface area contributed by atoms with Crippen LogP contribution in [0.5, 0.6) is 0 Å². The monoisotopic (exact) mass is 766 g/mol. The molecule has 0 amide bonds. The van der Waals surface area contributed by atoms with E-state index in [1.54, 1.807) is 6.33 Å². The van der Waals surface area contributed by atoms with Crippen molar-refractivity contribution in [1.29, 1.82) is 0 Å². The molecule has 4 nitrogen and oxygen atoms in total. The number of hydrogen-bond acceptors (Lipinski definition) is 4. The largest absolute Gasteiger partial charge is 0.512 e. The van der Waals surface area contributed by atoms with Gasteiger partial charge in [0.05, 0.1) is 5.52 Å². The first-order valence-electron chi connectivity index (χ1n) is 15.3. The summed E-state index contributed by atoms with van der Waals surface area (Å²) in [5.74, 6) is 0.599. The average Bonchev–Trinajstić information content (AvgIpc) is 2.99. The second-order valence-corrected chi connectivity index (χ2v) is 13.1. The fourth-order valence-electron chi connectivity index (χ4n) is 5.31. The number of aryl methyl sites for hydroxylation is 1. The van der Waals surface area contributed by atoms with Crippen LogP contribution in [0.3, 0.4) is 0 Å². The number of aliphatic hydroxyl groups excluding tert-OH is 1. The van der Waals surface area contributed by atoms with Crippen molar-refractivity contribution in [2.45, 2.75) is 81.1 Å². The van der Waals surface area contributed by atoms with Gasteiger partial charge in [0.2, 0.25) is 0 Å². The standard InChI is InChI=1S/C26H21N2.C13H24O2.Ir/c1-16(2)23-14-18-9-5-7-11-20(18)21-12-13-22-25(19-10-6-4-8-17(19)3)27-15-28-26(22)24(21)23;1-7-13(6,8-2)11(15)9-10(14)12(3,4)5;/h4-9,11-16H,1-3H3;9,15H,7-8H2,1-6H3;/q-1;;/b;11-9-;. The predicted octanol–water partition coefficient (Wildman–Crippen LogP) is 10.7. The molecule has 5 aromatic rings. The number of nitrogens with zero attached hydrogens (tertiary/aromatic N) is 2. The van der Waals surface area contributed by atoms with E-state index in [0.717, 1.165) is 35.0 Å². The van der Waals surface area contributed by atoms with Gasteiger partial charge in [0.15, 0.2) is 5.78 Å². The molecular weight excluding hydrogens is 721 g/mol. The number of fused-ring (bicyclic) bond motifs is 5. The zero-order chi connectivity index (χ0) is 31.5. The predicted molar refractivity (Wildman–Crippen MR) is 182 cm³/mol. The van der Waals surface area contributed by atoms with E-state index in [2.05, 4.69) is 80.4 Å². The Labute approximate surface area is 276 Å². The number of allylic oxidation sites excluding steroid dienone is 2. The van der Waals surface area contributed by atoms with Crippen LogP contribution in [0.15, 0.2) is 78.8 Å². The third kappa shape index (κ3) is 7.11. The minimum Gasteiger partial charge on any atom is -0.512 e. The van der Waals surface area contributed by atoms with E-state index in [0.29, 0.717) is 5.92 Å². The first-order valence-corrected chi connectivity index (χ1v) is 15.3. The van der Waals surface area contributed by atoms with Gasteiger partial charge in [0, 0.05) is 42.4 Å². The quantitative estimate of drug-likeness (QED) is 0.0809. The maximum absolute atomic E-state index is 11.7. The van der Waals surface area contributed by atoms with Crippen molar-refractivity contribution in [1.82, 2.24) is 9.97 Å². The average molecular weight is 766 g/mol. The number of hydrogen-bond donors (Lipinski definition) is 1. The van der Waals surface area contributed by atoms with Gasteiger partial charge in [-0.3, -0.25) is 9.78 Å². The molecule has 0 spiro atoms. The van der Waals surface area contributed by atoms with E-state index in [1.165, 1.54) is 38.7 Å². The van der Waals surface area contributed by atoms with Gasteiger partial charge in [0.1, 0.15) is 12.1 Å². The zero-order valence-electron chi connectivity index (χ0n) is 27.5. The molecule has 0 aliphatic heterocycles. The van der Waals surface area contributed by atoms with Crippen LogP contribution in [-0.2, 0) is 24.9 Å². The number of carbonyl (C=O) groups is 1. The topological polar surface area (TPSA) is 63.1 Å². The fraction of sp³-hybridized carbons (Fsp3) is 0.359. The smallest absolute Gasteiger partial charge is 0.164 e. The van der Waals surface area contributed by atoms with Crippen LogP contribution >= 0.6 is 0 Å². The molecule has 0 aliphatic rings. The Morgan fingerprint density at radius 3 is 2.20 bits per heavy atom. The van der Waals surface area contributed by atoms with E-state index in [-0.39, 0.29) is 37.1 Å². The van der Waals surface area contributed by atoms with Crippen molar-refractivity contribution >= 4 is 38.2 Å². The molecule has 0 atom stereocenters. The normalized spacial score (nSPS) is 12.3. The van der Waals surface area contributed by atoms with Crippen LogP contribution in [0.1, 0.15) is 85.3 Å². The Morgan fingerprint density at radius 2 is 1.59 bits per heavy atom. The van der Waals surface area contributed by atoms with Gasteiger partial charge >= 0.3 is 0 Å². The van der Waals surface area contributed by atoms with Gasteiger partial charge in [-0.15, -0.1) is 35.4 Å². The van der Waals surface area contributed by atoms with Crippen LogP contribution in [-0.4, -0.2) is 20.9 Å². The van der Waals surface area contributed by atoms with E-state index in [1.807, 2.05) is 53.7 Å². The van der Waals surface area contributed by atoms with Gasteiger partial charge in [-0.05, 0) is 51.6 Å². The molecule has 4 aromatic carbocycles. The van der Waals surface area contributed by atoms with Gasteiger partial charge in [0.25, 0.3) is 0 Å². The van der Waals surface area contributed by atoms with E-state index in [4.69, 9.17) is 4.98 Å². The maximum atomic E-state index is 11.7. The first-order chi connectivity index (χ1) is 20.3. The Hall–Kier alpha value is -3.40. The Bertz CT molecular complexity index is 1810. The van der Waals surface area contributed by atoms with Crippen molar-refractivity contribution < 1.29 is 30.0 Å². The maximum Gasteiger partial charge on any atom is 0.164 e. The summed E-state index contributed by atoms with van der Waals surface area (Å²) in [7, 11) is 0. The Balaban J connectivity index is 0.000000286. The molecular formula is C39H45IrN2O2-. The van der Waals surface area contributed by atoms with E-state index >= 15 is 0 Å². The van der Waals surface area contributed by atoms with Crippen molar-refractivity contribution in [3.05, 3.63) is 96.0 Å². The second kappa shape index (κ2) is 14.1. The summed E-state index contributed by atoms with van der Waals surface area (Å²) in [6, 6.07) is 24.8. The molecule has 0 unspecified atom stereocenters. The first kappa shape index (κ1) is 35.1. The minimum absolute atomic E-state index is 0. The van der Waals surface area contributed by atoms with Crippen molar-refractivity contribution in [2.24, 2.45) is 10.8 Å². The van der Waals surface area contributed by atoms with Crippen molar-refractivity contribution in [3.63, 3.8) is 0 Å². The van der Waals surface area contributed by atoms with Gasteiger partial charge < -0.3 is 5.11 Å². The summed E-state index contributed by atoms with van der Waals surface area (Å²) in [5, 5.41) is 16.1. The van der Waals surface area contributed by atoms with Gasteiger partial charge in [-0.1, -0.05) is 105 Å². The number of ketones is 1. The van der Waals surface area contributed by atoms with Crippen LogP contribution in [0.2, 0.25) is 0 Å². The van der Waals surface area contributed by atoms with Crippen LogP contribution in [0.4, 0.5) is 0 Å². The summed E-state index contributed by atoms with van der Waals surface area (Å²) < 4.78 is 0. The molecule has 1 radical (unpaired) electrons. The molecule has 5 heteroatoms. The molecule has 1 heterocycles. The van der Waals surface area contributed by atoms with Gasteiger partial charge in [-0.25, -0.2) is 4.98 Å². The molecule has 0 fully saturated rings. The number of carbonyl (C=O) groups excluding carboxylic acids is 1. The minimum atomic E-state index is -0.420. The SMILES string of the molecule is CCC(C)(CC)/C(O)=C/C(=O)C(C)(C)C.Cc1ccc[c-]c1-c1ncnc2c1ccc1c3ccccc3cc(C(C)C)c12.[Ir]. The third-order valence-corrected chi connectivity index (χ3v) is 8.77. The molecule has 0 aliphatic carbocycles. The number of benzene rings is 4. The Kier molecular flexibility index (Phi) is 11.3. The third-order valence-electron chi connectivity index (χ3n) is 8.77. The summed E-state index contributed by atoms with van der Waals surface area (Å²) in [4.78, 5) is 21.1. The zero-order valence-corrected chi connectivity index (χ0v) is 29.9. The summed E-state index contributed by atoms with van der Waals surface area (Å²) >= 11 is 0. The van der Waals surface area contributed by atoms with Crippen molar-refractivity contribution in [2.75, 3.05) is 0 Å². The molecule has 1 N–H and O–H groups in total. The van der Waals surface area contributed by atoms with E-state index < -0.39 is 5.41 Å². The van der Waals surface area contributed by atoms with Crippen molar-refractivity contribution in [3.8, 4) is 11.3 Å². The van der Waals surface area contributed by atoms with Crippen LogP contribution < -0.4 is 0 Å². The fourth-order valence-corrected chi connectivity index (χ4v) is 5.31. The van der Waals surface area contributed by atoms with Crippen LogP contribution in [0, 0.1) is 23.8 Å². The summed E-state index contributed by atoms with van der Waals surface area (Å²) in [5.41, 5.74) is 4.84. The Morgan fingerprint density at radius 1 is 0.932 bits per heavy atom. The molecule has 233 valence electrons.